The fourth-order valence-corrected chi connectivity index (χ4v) is 4.77. The number of piperidine rings is 1. The fourth-order valence-electron chi connectivity index (χ4n) is 4.77. The van der Waals surface area contributed by atoms with Crippen molar-refractivity contribution in [3.8, 4) is 0 Å². The van der Waals surface area contributed by atoms with Gasteiger partial charge in [0, 0.05) is 64.7 Å². The van der Waals surface area contributed by atoms with Crippen LogP contribution in [0.15, 0.2) is 10.6 Å². The van der Waals surface area contributed by atoms with Crippen LogP contribution in [-0.2, 0) is 11.3 Å². The first-order chi connectivity index (χ1) is 14.0. The minimum atomic E-state index is -0.294. The molecule has 29 heavy (non-hydrogen) atoms. The summed E-state index contributed by atoms with van der Waals surface area (Å²) >= 11 is 0. The van der Waals surface area contributed by atoms with E-state index in [2.05, 4.69) is 26.8 Å². The van der Waals surface area contributed by atoms with Gasteiger partial charge in [-0.25, -0.2) is 4.79 Å². The molecule has 0 unspecified atom stereocenters. The monoisotopic (exact) mass is 405 g/mol. The van der Waals surface area contributed by atoms with Gasteiger partial charge in [0.2, 0.25) is 0 Å². The van der Waals surface area contributed by atoms with E-state index in [1.807, 2.05) is 17.9 Å². The van der Waals surface area contributed by atoms with Gasteiger partial charge in [-0.1, -0.05) is 12.1 Å². The van der Waals surface area contributed by atoms with Crippen LogP contribution in [0.1, 0.15) is 37.6 Å². The maximum Gasteiger partial charge on any atom is 0.410 e. The number of aromatic nitrogens is 1. The van der Waals surface area contributed by atoms with Crippen molar-refractivity contribution in [2.24, 2.45) is 0 Å². The van der Waals surface area contributed by atoms with Crippen LogP contribution in [0.2, 0.25) is 0 Å². The number of hydrogen-bond donors (Lipinski definition) is 0. The summed E-state index contributed by atoms with van der Waals surface area (Å²) in [6.07, 6.45) is 2.68. The SMILES string of the molecule is CCN1CCN(CCCN2CC3(CCN(Cc4cc(C)no4)CC3)OC2=O)CC1. The molecule has 3 saturated heterocycles. The second kappa shape index (κ2) is 9.02. The average Bonchev–Trinajstić information content (AvgIpc) is 3.27. The molecule has 0 radical (unpaired) electrons. The van der Waals surface area contributed by atoms with Crippen LogP contribution in [-0.4, -0.2) is 102 Å². The minimum absolute atomic E-state index is 0.125. The summed E-state index contributed by atoms with van der Waals surface area (Å²) in [6.45, 7) is 15.1. The largest absolute Gasteiger partial charge is 0.441 e. The second-order valence-corrected chi connectivity index (χ2v) is 8.81. The number of carbonyl (C=O) groups is 1. The van der Waals surface area contributed by atoms with Gasteiger partial charge >= 0.3 is 6.09 Å². The molecule has 0 bridgehead atoms. The van der Waals surface area contributed by atoms with Gasteiger partial charge in [0.15, 0.2) is 5.76 Å². The van der Waals surface area contributed by atoms with Gasteiger partial charge < -0.3 is 24.0 Å². The van der Waals surface area contributed by atoms with Crippen molar-refractivity contribution in [2.75, 3.05) is 65.4 Å². The summed E-state index contributed by atoms with van der Waals surface area (Å²) < 4.78 is 11.2. The standard InChI is InChI=1S/C21H35N5O3/c1-3-23-11-13-24(14-12-23)7-4-8-26-17-21(28-20(26)27)5-9-25(10-6-21)16-19-15-18(2)22-29-19/h15H,3-14,16-17H2,1-2H3. The van der Waals surface area contributed by atoms with Gasteiger partial charge in [0.1, 0.15) is 5.60 Å². The van der Waals surface area contributed by atoms with E-state index in [4.69, 9.17) is 9.26 Å². The molecule has 0 N–H and O–H groups in total. The van der Waals surface area contributed by atoms with Crippen LogP contribution < -0.4 is 0 Å². The molecule has 3 aliphatic rings. The average molecular weight is 406 g/mol. The predicted molar refractivity (Wildman–Crippen MR) is 110 cm³/mol. The molecule has 1 spiro atoms. The molecule has 8 heteroatoms. The number of piperazine rings is 1. The molecule has 0 saturated carbocycles. The van der Waals surface area contributed by atoms with Crippen LogP contribution in [0.3, 0.4) is 0 Å². The first-order valence-corrected chi connectivity index (χ1v) is 11.1. The molecular weight excluding hydrogens is 370 g/mol. The summed E-state index contributed by atoms with van der Waals surface area (Å²) in [6, 6.07) is 1.99. The van der Waals surface area contributed by atoms with Crippen molar-refractivity contribution >= 4 is 6.09 Å². The highest BCUT2D eigenvalue weighted by atomic mass is 16.6. The number of aryl methyl sites for hydroxylation is 1. The molecule has 4 rings (SSSR count). The number of likely N-dealkylation sites (tertiary alicyclic amines) is 1. The number of amides is 1. The highest BCUT2D eigenvalue weighted by Gasteiger charge is 2.46. The highest BCUT2D eigenvalue weighted by molar-refractivity contribution is 5.70. The van der Waals surface area contributed by atoms with E-state index in [0.29, 0.717) is 0 Å². The zero-order valence-corrected chi connectivity index (χ0v) is 17.9. The Balaban J connectivity index is 1.18. The molecular formula is C21H35N5O3. The summed E-state index contributed by atoms with van der Waals surface area (Å²) in [5.41, 5.74) is 0.624. The van der Waals surface area contributed by atoms with E-state index in [0.717, 1.165) is 103 Å². The van der Waals surface area contributed by atoms with E-state index in [1.165, 1.54) is 0 Å². The third-order valence-corrected chi connectivity index (χ3v) is 6.68. The summed E-state index contributed by atoms with van der Waals surface area (Å²) in [7, 11) is 0. The van der Waals surface area contributed by atoms with E-state index >= 15 is 0 Å². The lowest BCUT2D eigenvalue weighted by Crippen LogP contribution is -2.47. The predicted octanol–water partition coefficient (Wildman–Crippen LogP) is 1.80. The molecule has 162 valence electrons. The topological polar surface area (TPSA) is 65.3 Å². The van der Waals surface area contributed by atoms with Crippen LogP contribution in [0.5, 0.6) is 0 Å². The molecule has 3 fully saturated rings. The van der Waals surface area contributed by atoms with Crippen molar-refractivity contribution in [3.63, 3.8) is 0 Å². The minimum Gasteiger partial charge on any atom is -0.441 e. The fraction of sp³-hybridized carbons (Fsp3) is 0.810. The lowest BCUT2D eigenvalue weighted by molar-refractivity contribution is -0.00296. The molecule has 0 atom stereocenters. The number of carbonyl (C=O) groups excluding carboxylic acids is 1. The van der Waals surface area contributed by atoms with Crippen LogP contribution >= 0.6 is 0 Å². The van der Waals surface area contributed by atoms with Gasteiger partial charge in [0.05, 0.1) is 18.8 Å². The van der Waals surface area contributed by atoms with Gasteiger partial charge in [0.25, 0.3) is 0 Å². The lowest BCUT2D eigenvalue weighted by Gasteiger charge is -2.37. The normalized spacial score (nSPS) is 23.8. The Morgan fingerprint density at radius 2 is 1.76 bits per heavy atom. The molecule has 4 heterocycles. The molecule has 3 aliphatic heterocycles. The van der Waals surface area contributed by atoms with Crippen molar-refractivity contribution in [3.05, 3.63) is 17.5 Å². The van der Waals surface area contributed by atoms with Crippen LogP contribution in [0, 0.1) is 6.92 Å². The van der Waals surface area contributed by atoms with Gasteiger partial charge in [-0.2, -0.15) is 0 Å². The van der Waals surface area contributed by atoms with Crippen molar-refractivity contribution in [2.45, 2.75) is 45.3 Å². The third kappa shape index (κ3) is 5.10. The summed E-state index contributed by atoms with van der Waals surface area (Å²) in [5.74, 6) is 0.906. The number of hydrogen-bond acceptors (Lipinski definition) is 7. The van der Waals surface area contributed by atoms with Crippen molar-refractivity contribution in [1.29, 1.82) is 0 Å². The van der Waals surface area contributed by atoms with E-state index in [9.17, 15) is 4.79 Å². The second-order valence-electron chi connectivity index (χ2n) is 8.81. The van der Waals surface area contributed by atoms with Gasteiger partial charge in [-0.15, -0.1) is 0 Å². The lowest BCUT2D eigenvalue weighted by atomic mass is 9.91. The zero-order valence-electron chi connectivity index (χ0n) is 17.9. The van der Waals surface area contributed by atoms with E-state index in [-0.39, 0.29) is 11.7 Å². The van der Waals surface area contributed by atoms with Gasteiger partial charge in [-0.05, 0) is 26.4 Å². The molecule has 0 aliphatic carbocycles. The van der Waals surface area contributed by atoms with E-state index in [1.54, 1.807) is 0 Å². The first kappa shape index (κ1) is 20.6. The maximum atomic E-state index is 12.4. The summed E-state index contributed by atoms with van der Waals surface area (Å²) in [4.78, 5) is 21.7. The molecule has 1 aromatic heterocycles. The smallest absolute Gasteiger partial charge is 0.410 e. The number of rotatable bonds is 7. The molecule has 0 aromatic carbocycles. The first-order valence-electron chi connectivity index (χ1n) is 11.1. The number of nitrogens with zero attached hydrogens (tertiary/aromatic N) is 5. The Morgan fingerprint density at radius 1 is 1.03 bits per heavy atom. The zero-order chi connectivity index (χ0) is 20.3. The Hall–Kier alpha value is -1.64. The Labute approximate surface area is 173 Å². The van der Waals surface area contributed by atoms with Crippen LogP contribution in [0.4, 0.5) is 4.79 Å². The summed E-state index contributed by atoms with van der Waals surface area (Å²) in [5, 5.41) is 3.96. The number of ether oxygens (including phenoxy) is 1. The number of likely N-dealkylation sites (N-methyl/N-ethyl adjacent to an activating group) is 1. The highest BCUT2D eigenvalue weighted by Crippen LogP contribution is 2.33. The molecule has 8 nitrogen and oxygen atoms in total. The Morgan fingerprint density at radius 3 is 2.41 bits per heavy atom. The third-order valence-electron chi connectivity index (χ3n) is 6.68. The molecule has 1 aromatic rings. The van der Waals surface area contributed by atoms with Crippen molar-refractivity contribution in [1.82, 2.24) is 24.8 Å². The van der Waals surface area contributed by atoms with Crippen molar-refractivity contribution < 1.29 is 14.1 Å². The molecule has 1 amide bonds. The maximum absolute atomic E-state index is 12.4. The van der Waals surface area contributed by atoms with E-state index < -0.39 is 0 Å². The van der Waals surface area contributed by atoms with Crippen LogP contribution in [0.25, 0.3) is 0 Å². The Kier molecular flexibility index (Phi) is 6.41. The van der Waals surface area contributed by atoms with Gasteiger partial charge in [-0.3, -0.25) is 4.90 Å². The quantitative estimate of drug-likeness (QED) is 0.685. The Bertz CT molecular complexity index is 678.